The molecule has 0 saturated heterocycles. The summed E-state index contributed by atoms with van der Waals surface area (Å²) in [7, 11) is 0.959. The van der Waals surface area contributed by atoms with E-state index in [9.17, 15) is 26.7 Å². The number of methoxy groups -OCH3 is 1. The highest BCUT2D eigenvalue weighted by Crippen LogP contribution is 2.39. The zero-order chi connectivity index (χ0) is 22.8. The molecule has 0 bridgehead atoms. The van der Waals surface area contributed by atoms with Crippen LogP contribution in [0, 0.1) is 5.92 Å². The third kappa shape index (κ3) is 5.21. The molecule has 0 N–H and O–H groups in total. The molecule has 2 rings (SSSR count). The van der Waals surface area contributed by atoms with Gasteiger partial charge in [-0.05, 0) is 35.6 Å². The van der Waals surface area contributed by atoms with Crippen molar-refractivity contribution in [3.63, 3.8) is 0 Å². The Bertz CT molecular complexity index is 959. The van der Waals surface area contributed by atoms with E-state index in [4.69, 9.17) is 12.2 Å². The van der Waals surface area contributed by atoms with Gasteiger partial charge in [0.05, 0.1) is 17.5 Å². The Morgan fingerprint density at radius 1 is 1.17 bits per heavy atom. The van der Waals surface area contributed by atoms with Gasteiger partial charge in [0.1, 0.15) is 5.69 Å². The van der Waals surface area contributed by atoms with Gasteiger partial charge in [-0.2, -0.15) is 13.2 Å². The van der Waals surface area contributed by atoms with Crippen molar-refractivity contribution in [2.24, 2.45) is 5.92 Å². The minimum Gasteiger partial charge on any atom is -0.465 e. The maximum absolute atomic E-state index is 13.9. The summed E-state index contributed by atoms with van der Waals surface area (Å²) in [6.45, 7) is 3.37. The van der Waals surface area contributed by atoms with Gasteiger partial charge in [0.15, 0.2) is 5.69 Å². The van der Waals surface area contributed by atoms with Gasteiger partial charge in [0, 0.05) is 10.0 Å². The molecule has 0 atom stereocenters. The predicted molar refractivity (Wildman–Crippen MR) is 109 cm³/mol. The van der Waals surface area contributed by atoms with Crippen molar-refractivity contribution in [3.05, 3.63) is 62.4 Å². The first-order valence-corrected chi connectivity index (χ1v) is 9.89. The van der Waals surface area contributed by atoms with Gasteiger partial charge in [0.2, 0.25) is 0 Å². The van der Waals surface area contributed by atoms with Crippen LogP contribution in [-0.2, 0) is 17.3 Å². The SMILES string of the molecule is COC(=O)c1c(C(F)F)nc(C(F)(F)F)c(C(=S)c2ccc(Br)cc2)c1CC(C)C. The normalized spacial score (nSPS) is 11.8. The molecule has 2 aromatic rings. The number of halogens is 6. The zero-order valence-corrected chi connectivity index (χ0v) is 18.5. The molecule has 10 heteroatoms. The van der Waals surface area contributed by atoms with Crippen LogP contribution in [-0.4, -0.2) is 22.9 Å². The van der Waals surface area contributed by atoms with Gasteiger partial charge in [-0.3, -0.25) is 0 Å². The van der Waals surface area contributed by atoms with E-state index < -0.39 is 41.1 Å². The van der Waals surface area contributed by atoms with Crippen molar-refractivity contribution in [1.29, 1.82) is 0 Å². The van der Waals surface area contributed by atoms with E-state index in [1.54, 1.807) is 26.0 Å². The fourth-order valence-corrected chi connectivity index (χ4v) is 3.57. The average Bonchev–Trinajstić information content (AvgIpc) is 2.65. The highest BCUT2D eigenvalue weighted by atomic mass is 79.9. The summed E-state index contributed by atoms with van der Waals surface area (Å²) >= 11 is 8.55. The number of carbonyl (C=O) groups is 1. The first kappa shape index (κ1) is 24.3. The van der Waals surface area contributed by atoms with E-state index in [0.717, 1.165) is 7.11 Å². The molecule has 0 unspecified atom stereocenters. The second-order valence-corrected chi connectivity index (χ2v) is 8.12. The van der Waals surface area contributed by atoms with Gasteiger partial charge >= 0.3 is 12.1 Å². The summed E-state index contributed by atoms with van der Waals surface area (Å²) in [5.41, 5.74) is -4.04. The molecule has 30 heavy (non-hydrogen) atoms. The Balaban J connectivity index is 2.99. The number of aromatic nitrogens is 1. The number of hydrogen-bond donors (Lipinski definition) is 0. The molecule has 1 aromatic heterocycles. The topological polar surface area (TPSA) is 39.2 Å². The lowest BCUT2D eigenvalue weighted by Crippen LogP contribution is -2.25. The molecule has 0 spiro atoms. The Labute approximate surface area is 183 Å². The van der Waals surface area contributed by atoms with Gasteiger partial charge in [0.25, 0.3) is 6.43 Å². The standard InChI is InChI=1S/C20H17BrF5NO2S/c1-9(2)8-12-13(19(28)29-3)15(18(22)23)27-17(20(24,25)26)14(12)16(30)10-4-6-11(21)7-5-10/h4-7,9,18H,8H2,1-3H3. The van der Waals surface area contributed by atoms with E-state index in [2.05, 4.69) is 25.7 Å². The third-order valence-corrected chi connectivity index (χ3v) is 5.11. The van der Waals surface area contributed by atoms with Crippen LogP contribution in [0.25, 0.3) is 0 Å². The van der Waals surface area contributed by atoms with Crippen molar-refractivity contribution < 1.29 is 31.5 Å². The van der Waals surface area contributed by atoms with E-state index in [1.807, 2.05) is 0 Å². The lowest BCUT2D eigenvalue weighted by Gasteiger charge is -2.23. The number of rotatable bonds is 6. The van der Waals surface area contributed by atoms with E-state index >= 15 is 0 Å². The summed E-state index contributed by atoms with van der Waals surface area (Å²) in [6, 6.07) is 6.15. The van der Waals surface area contributed by atoms with Crippen LogP contribution in [0.2, 0.25) is 0 Å². The Hall–Kier alpha value is -1.94. The van der Waals surface area contributed by atoms with Crippen LogP contribution in [0.3, 0.4) is 0 Å². The first-order valence-electron chi connectivity index (χ1n) is 8.69. The Kier molecular flexibility index (Phi) is 7.68. The molecule has 0 aliphatic heterocycles. The maximum atomic E-state index is 13.9. The molecular formula is C20H17BrF5NO2S. The number of benzene rings is 1. The highest BCUT2D eigenvalue weighted by Gasteiger charge is 2.41. The Morgan fingerprint density at radius 2 is 1.73 bits per heavy atom. The minimum absolute atomic E-state index is 0.109. The molecule has 0 aliphatic rings. The molecule has 0 radical (unpaired) electrons. The molecule has 3 nitrogen and oxygen atoms in total. The number of nitrogens with zero attached hydrogens (tertiary/aromatic N) is 1. The van der Waals surface area contributed by atoms with Crippen LogP contribution in [0.4, 0.5) is 22.0 Å². The van der Waals surface area contributed by atoms with Crippen molar-refractivity contribution in [1.82, 2.24) is 4.98 Å². The van der Waals surface area contributed by atoms with Crippen LogP contribution in [0.5, 0.6) is 0 Å². The molecule has 1 aromatic carbocycles. The average molecular weight is 510 g/mol. The zero-order valence-electron chi connectivity index (χ0n) is 16.1. The number of hydrogen-bond acceptors (Lipinski definition) is 4. The molecule has 162 valence electrons. The number of pyridine rings is 1. The Morgan fingerprint density at radius 3 is 2.17 bits per heavy atom. The quantitative estimate of drug-likeness (QED) is 0.191. The number of carbonyl (C=O) groups excluding carboxylic acids is 1. The van der Waals surface area contributed by atoms with Gasteiger partial charge < -0.3 is 4.74 Å². The van der Waals surface area contributed by atoms with Gasteiger partial charge in [-0.25, -0.2) is 18.6 Å². The van der Waals surface area contributed by atoms with Crippen LogP contribution < -0.4 is 0 Å². The third-order valence-electron chi connectivity index (χ3n) is 4.14. The minimum atomic E-state index is -5.07. The van der Waals surface area contributed by atoms with Gasteiger partial charge in [-0.15, -0.1) is 0 Å². The highest BCUT2D eigenvalue weighted by molar-refractivity contribution is 9.10. The number of esters is 1. The van der Waals surface area contributed by atoms with Crippen molar-refractivity contribution in [2.75, 3.05) is 7.11 Å². The lowest BCUT2D eigenvalue weighted by molar-refractivity contribution is -0.141. The van der Waals surface area contributed by atoms with Gasteiger partial charge in [-0.1, -0.05) is 54.1 Å². The predicted octanol–water partition coefficient (Wildman–Crippen LogP) is 6.55. The molecule has 0 amide bonds. The van der Waals surface area contributed by atoms with Crippen LogP contribution >= 0.6 is 28.1 Å². The van der Waals surface area contributed by atoms with Crippen molar-refractivity contribution in [2.45, 2.75) is 32.9 Å². The second kappa shape index (κ2) is 9.47. The summed E-state index contributed by atoms with van der Waals surface area (Å²) in [4.78, 5) is 15.3. The van der Waals surface area contributed by atoms with Crippen molar-refractivity contribution >= 4 is 39.0 Å². The molecule has 0 aliphatic carbocycles. The van der Waals surface area contributed by atoms with E-state index in [-0.39, 0.29) is 28.3 Å². The molecular weight excluding hydrogens is 493 g/mol. The first-order chi connectivity index (χ1) is 13.9. The summed E-state index contributed by atoms with van der Waals surface area (Å²) < 4.78 is 74.2. The fourth-order valence-electron chi connectivity index (χ4n) is 2.95. The van der Waals surface area contributed by atoms with Crippen molar-refractivity contribution in [3.8, 4) is 0 Å². The molecule has 0 fully saturated rings. The summed E-state index contributed by atoms with van der Waals surface area (Å²) in [5.74, 6) is -1.46. The summed E-state index contributed by atoms with van der Waals surface area (Å²) in [5, 5.41) is 0. The maximum Gasteiger partial charge on any atom is 0.434 e. The number of thiocarbonyl (C=S) groups is 1. The lowest BCUT2D eigenvalue weighted by atomic mass is 9.88. The largest absolute Gasteiger partial charge is 0.465 e. The van der Waals surface area contributed by atoms with Crippen LogP contribution in [0.15, 0.2) is 28.7 Å². The van der Waals surface area contributed by atoms with Crippen LogP contribution in [0.1, 0.15) is 58.7 Å². The molecule has 0 saturated carbocycles. The summed E-state index contributed by atoms with van der Waals surface area (Å²) in [6.07, 6.45) is -8.60. The van der Waals surface area contributed by atoms with E-state index in [1.165, 1.54) is 12.1 Å². The number of ether oxygens (including phenoxy) is 1. The number of alkyl halides is 5. The molecule has 1 heterocycles. The monoisotopic (exact) mass is 509 g/mol. The fraction of sp³-hybridized carbons (Fsp3) is 0.350. The second-order valence-electron chi connectivity index (χ2n) is 6.80. The smallest absolute Gasteiger partial charge is 0.434 e. The van der Waals surface area contributed by atoms with E-state index in [0.29, 0.717) is 4.47 Å².